The van der Waals surface area contributed by atoms with E-state index in [1.54, 1.807) is 6.20 Å². The first-order chi connectivity index (χ1) is 11.7. The number of nitrogens with one attached hydrogen (secondary N) is 1. The molecule has 1 saturated carbocycles. The number of aromatic nitrogens is 2. The van der Waals surface area contributed by atoms with Crippen molar-refractivity contribution < 1.29 is 9.59 Å². The van der Waals surface area contributed by atoms with Crippen LogP contribution in [-0.4, -0.2) is 70.2 Å². The number of hydrogen-bond donors (Lipinski definition) is 1. The van der Waals surface area contributed by atoms with Crippen LogP contribution in [0, 0.1) is 5.41 Å². The molecule has 7 nitrogen and oxygen atoms in total. The first kappa shape index (κ1) is 15.6. The van der Waals surface area contributed by atoms with E-state index in [-0.39, 0.29) is 23.3 Å². The van der Waals surface area contributed by atoms with Crippen LogP contribution in [0.3, 0.4) is 0 Å². The molecule has 1 aromatic rings. The highest BCUT2D eigenvalue weighted by Crippen LogP contribution is 2.49. The van der Waals surface area contributed by atoms with Gasteiger partial charge in [0.15, 0.2) is 0 Å². The molecule has 1 aromatic heterocycles. The molecule has 4 rings (SSSR count). The predicted octanol–water partition coefficient (Wildman–Crippen LogP) is 0.0861. The average molecular weight is 331 g/mol. The van der Waals surface area contributed by atoms with Crippen molar-refractivity contribution in [2.45, 2.75) is 38.3 Å². The molecule has 0 spiro atoms. The third-order valence-electron chi connectivity index (χ3n) is 5.54. The monoisotopic (exact) mass is 331 g/mol. The Hall–Kier alpha value is -1.89. The minimum absolute atomic E-state index is 0.114. The standard InChI is InChI=1S/C17H25N5O2/c23-15(20-8-1-2-9-20)14-12-18-7-11-22(14)16(24)17(4-5-17)13-21-10-3-6-19-21/h3,6,10,14,18H,1-2,4-5,7-9,11-13H2/t14-/m0/s1. The van der Waals surface area contributed by atoms with Gasteiger partial charge in [-0.1, -0.05) is 0 Å². The van der Waals surface area contributed by atoms with E-state index in [1.165, 1.54) is 0 Å². The van der Waals surface area contributed by atoms with E-state index in [0.717, 1.165) is 45.3 Å². The third-order valence-corrected chi connectivity index (χ3v) is 5.54. The lowest BCUT2D eigenvalue weighted by molar-refractivity contribution is -0.150. The van der Waals surface area contributed by atoms with E-state index in [1.807, 2.05) is 26.7 Å². The van der Waals surface area contributed by atoms with Gasteiger partial charge in [-0.05, 0) is 31.7 Å². The van der Waals surface area contributed by atoms with Crippen molar-refractivity contribution in [1.82, 2.24) is 24.9 Å². The summed E-state index contributed by atoms with van der Waals surface area (Å²) < 4.78 is 1.84. The maximum atomic E-state index is 13.2. The number of carbonyl (C=O) groups excluding carboxylic acids is 2. The lowest BCUT2D eigenvalue weighted by Crippen LogP contribution is -2.61. The topological polar surface area (TPSA) is 70.5 Å². The number of carbonyl (C=O) groups is 2. The summed E-state index contributed by atoms with van der Waals surface area (Å²) in [6, 6.07) is 1.53. The average Bonchev–Trinajstić information content (AvgIpc) is 3.03. The van der Waals surface area contributed by atoms with Gasteiger partial charge in [-0.2, -0.15) is 5.10 Å². The molecule has 2 amide bonds. The maximum absolute atomic E-state index is 13.2. The van der Waals surface area contributed by atoms with Gasteiger partial charge in [-0.25, -0.2) is 0 Å². The minimum Gasteiger partial charge on any atom is -0.341 e. The van der Waals surface area contributed by atoms with Crippen molar-refractivity contribution in [3.63, 3.8) is 0 Å². The van der Waals surface area contributed by atoms with Gasteiger partial charge in [0.2, 0.25) is 11.8 Å². The van der Waals surface area contributed by atoms with Crippen LogP contribution in [0.4, 0.5) is 0 Å². The van der Waals surface area contributed by atoms with Crippen LogP contribution in [0.2, 0.25) is 0 Å². The Kier molecular flexibility index (Phi) is 4.04. The summed E-state index contributed by atoms with van der Waals surface area (Å²) >= 11 is 0. The molecule has 2 saturated heterocycles. The van der Waals surface area contributed by atoms with Gasteiger partial charge in [-0.3, -0.25) is 14.3 Å². The van der Waals surface area contributed by atoms with E-state index >= 15 is 0 Å². The van der Waals surface area contributed by atoms with Crippen LogP contribution in [0.25, 0.3) is 0 Å². The summed E-state index contributed by atoms with van der Waals surface area (Å²) in [6.07, 6.45) is 7.57. The fourth-order valence-corrected chi connectivity index (χ4v) is 3.92. The summed E-state index contributed by atoms with van der Waals surface area (Å²) in [5.41, 5.74) is -0.354. The molecule has 1 aliphatic carbocycles. The summed E-state index contributed by atoms with van der Waals surface area (Å²) in [7, 11) is 0. The Morgan fingerprint density at radius 3 is 2.67 bits per heavy atom. The molecule has 130 valence electrons. The van der Waals surface area contributed by atoms with Gasteiger partial charge in [0.1, 0.15) is 6.04 Å². The Morgan fingerprint density at radius 2 is 2.00 bits per heavy atom. The van der Waals surface area contributed by atoms with E-state index in [0.29, 0.717) is 19.6 Å². The van der Waals surface area contributed by atoms with Crippen LogP contribution in [0.1, 0.15) is 25.7 Å². The maximum Gasteiger partial charge on any atom is 0.246 e. The molecule has 2 aliphatic heterocycles. The van der Waals surface area contributed by atoms with Crippen molar-refractivity contribution in [2.24, 2.45) is 5.41 Å². The largest absolute Gasteiger partial charge is 0.341 e. The number of nitrogens with zero attached hydrogens (tertiary/aromatic N) is 4. The Morgan fingerprint density at radius 1 is 1.21 bits per heavy atom. The van der Waals surface area contributed by atoms with Crippen LogP contribution in [-0.2, 0) is 16.1 Å². The van der Waals surface area contributed by atoms with E-state index in [2.05, 4.69) is 10.4 Å². The lowest BCUT2D eigenvalue weighted by Gasteiger charge is -2.39. The second-order valence-corrected chi connectivity index (χ2v) is 7.23. The zero-order valence-corrected chi connectivity index (χ0v) is 14.0. The van der Waals surface area contributed by atoms with Gasteiger partial charge in [0.25, 0.3) is 0 Å². The van der Waals surface area contributed by atoms with Gasteiger partial charge in [0, 0.05) is 45.1 Å². The zero-order valence-electron chi connectivity index (χ0n) is 14.0. The molecule has 3 aliphatic rings. The van der Waals surface area contributed by atoms with Crippen molar-refractivity contribution in [2.75, 3.05) is 32.7 Å². The second kappa shape index (κ2) is 6.20. The highest BCUT2D eigenvalue weighted by molar-refractivity contribution is 5.92. The zero-order chi connectivity index (χ0) is 16.6. The molecule has 7 heteroatoms. The van der Waals surface area contributed by atoms with Gasteiger partial charge >= 0.3 is 0 Å². The van der Waals surface area contributed by atoms with Crippen LogP contribution in [0.15, 0.2) is 18.5 Å². The van der Waals surface area contributed by atoms with Crippen molar-refractivity contribution >= 4 is 11.8 Å². The van der Waals surface area contributed by atoms with Crippen LogP contribution < -0.4 is 5.32 Å². The minimum atomic E-state index is -0.354. The quantitative estimate of drug-likeness (QED) is 0.849. The van der Waals surface area contributed by atoms with Gasteiger partial charge < -0.3 is 15.1 Å². The number of likely N-dealkylation sites (tertiary alicyclic amines) is 1. The summed E-state index contributed by atoms with van der Waals surface area (Å²) in [5.74, 6) is 0.250. The number of rotatable bonds is 4. The third kappa shape index (κ3) is 2.81. The van der Waals surface area contributed by atoms with Crippen molar-refractivity contribution in [3.8, 4) is 0 Å². The van der Waals surface area contributed by atoms with Gasteiger partial charge in [-0.15, -0.1) is 0 Å². The SMILES string of the molecule is O=C([C@@H]1CNCCN1C(=O)C1(Cn2cccn2)CC1)N1CCCC1. The highest BCUT2D eigenvalue weighted by atomic mass is 16.2. The number of piperazine rings is 1. The van der Waals surface area contributed by atoms with Crippen molar-refractivity contribution in [3.05, 3.63) is 18.5 Å². The molecular weight excluding hydrogens is 306 g/mol. The Bertz CT molecular complexity index is 605. The van der Waals surface area contributed by atoms with Gasteiger partial charge in [0.05, 0.1) is 12.0 Å². The second-order valence-electron chi connectivity index (χ2n) is 7.23. The molecular formula is C17H25N5O2. The summed E-state index contributed by atoms with van der Waals surface area (Å²) in [6.45, 7) is 4.22. The molecule has 1 atom stereocenters. The Labute approximate surface area is 142 Å². The molecule has 0 radical (unpaired) electrons. The number of hydrogen-bond acceptors (Lipinski definition) is 4. The first-order valence-electron chi connectivity index (χ1n) is 8.98. The first-order valence-corrected chi connectivity index (χ1v) is 8.98. The smallest absolute Gasteiger partial charge is 0.246 e. The van der Waals surface area contributed by atoms with Crippen molar-refractivity contribution in [1.29, 1.82) is 0 Å². The van der Waals surface area contributed by atoms with E-state index in [4.69, 9.17) is 0 Å². The Balaban J connectivity index is 1.49. The molecule has 0 unspecified atom stereocenters. The van der Waals surface area contributed by atoms with E-state index < -0.39 is 0 Å². The van der Waals surface area contributed by atoms with E-state index in [9.17, 15) is 9.59 Å². The summed E-state index contributed by atoms with van der Waals surface area (Å²) in [5, 5.41) is 7.53. The fourth-order valence-electron chi connectivity index (χ4n) is 3.92. The molecule has 0 bridgehead atoms. The number of amides is 2. The normalized spacial score (nSPS) is 25.8. The highest BCUT2D eigenvalue weighted by Gasteiger charge is 2.54. The molecule has 3 fully saturated rings. The van der Waals surface area contributed by atoms with Crippen LogP contribution in [0.5, 0.6) is 0 Å². The summed E-state index contributed by atoms with van der Waals surface area (Å²) in [4.78, 5) is 29.8. The van der Waals surface area contributed by atoms with Crippen LogP contribution >= 0.6 is 0 Å². The predicted molar refractivity (Wildman–Crippen MR) is 88.1 cm³/mol. The molecule has 0 aromatic carbocycles. The lowest BCUT2D eigenvalue weighted by atomic mass is 10.0. The molecule has 3 heterocycles. The fraction of sp³-hybridized carbons (Fsp3) is 0.706. The molecule has 24 heavy (non-hydrogen) atoms. The molecule has 1 N–H and O–H groups in total.